The van der Waals surface area contributed by atoms with Crippen molar-refractivity contribution >= 4 is 22.4 Å². The molecule has 5 heteroatoms. The van der Waals surface area contributed by atoms with Crippen LogP contribution in [-0.2, 0) is 0 Å². The lowest BCUT2D eigenvalue weighted by Crippen LogP contribution is -2.27. The molecule has 0 saturated heterocycles. The molecule has 100 valence electrons. The zero-order chi connectivity index (χ0) is 13.8. The van der Waals surface area contributed by atoms with E-state index in [2.05, 4.69) is 29.4 Å². The predicted octanol–water partition coefficient (Wildman–Crippen LogP) is 2.57. The topological polar surface area (TPSA) is 68.0 Å². The number of hydrogen-bond donors (Lipinski definition) is 2. The predicted molar refractivity (Wildman–Crippen MR) is 78.5 cm³/mol. The molecular weight excluding hydrogens is 258 g/mol. The molecule has 0 aliphatic heterocycles. The number of nitrogens with zero attached hydrogens (tertiary/aromatic N) is 1. The molecule has 0 bridgehead atoms. The van der Waals surface area contributed by atoms with Crippen LogP contribution < -0.4 is 11.1 Å². The van der Waals surface area contributed by atoms with Crippen LogP contribution in [-0.4, -0.2) is 17.4 Å². The van der Waals surface area contributed by atoms with Gasteiger partial charge in [0, 0.05) is 6.54 Å². The minimum absolute atomic E-state index is 0.102. The monoisotopic (exact) mass is 275 g/mol. The first kappa shape index (κ1) is 13.5. The Bertz CT molecular complexity index is 565. The van der Waals surface area contributed by atoms with Crippen molar-refractivity contribution in [3.8, 4) is 0 Å². The smallest absolute Gasteiger partial charge is 0.263 e. The van der Waals surface area contributed by atoms with Crippen LogP contribution in [0.5, 0.6) is 0 Å². The number of nitrogen functional groups attached to an aromatic ring is 1. The Morgan fingerprint density at radius 2 is 2.11 bits per heavy atom. The summed E-state index contributed by atoms with van der Waals surface area (Å²) < 4.78 is 0. The highest BCUT2D eigenvalue weighted by atomic mass is 32.1. The number of benzene rings is 1. The van der Waals surface area contributed by atoms with Crippen molar-refractivity contribution in [2.75, 3.05) is 12.3 Å². The van der Waals surface area contributed by atoms with E-state index < -0.39 is 0 Å². The molecule has 2 rings (SSSR count). The second-order valence-electron chi connectivity index (χ2n) is 4.49. The first-order valence-electron chi connectivity index (χ1n) is 6.14. The maximum atomic E-state index is 12.0. The number of carbonyl (C=O) groups excluding carboxylic acids is 1. The van der Waals surface area contributed by atoms with Crippen molar-refractivity contribution in [3.63, 3.8) is 0 Å². The Hall–Kier alpha value is -1.88. The minimum Gasteiger partial charge on any atom is -0.375 e. The van der Waals surface area contributed by atoms with Crippen molar-refractivity contribution in [2.24, 2.45) is 0 Å². The van der Waals surface area contributed by atoms with Crippen LogP contribution in [0.15, 0.2) is 30.3 Å². The molecule has 0 fully saturated rings. The fourth-order valence-corrected chi connectivity index (χ4v) is 2.60. The number of carbonyl (C=O) groups is 1. The Balaban J connectivity index is 1.96. The van der Waals surface area contributed by atoms with E-state index in [1.807, 2.05) is 18.2 Å². The van der Waals surface area contributed by atoms with Gasteiger partial charge in [0.2, 0.25) is 0 Å². The van der Waals surface area contributed by atoms with Gasteiger partial charge in [-0.05, 0) is 18.4 Å². The number of nitrogens with one attached hydrogen (secondary N) is 1. The highest BCUT2D eigenvalue weighted by Crippen LogP contribution is 2.20. The van der Waals surface area contributed by atoms with Gasteiger partial charge in [0.05, 0.1) is 5.69 Å². The summed E-state index contributed by atoms with van der Waals surface area (Å²) in [5.74, 6) is 0.171. The van der Waals surface area contributed by atoms with Gasteiger partial charge in [-0.1, -0.05) is 48.6 Å². The molecule has 0 spiro atoms. The normalized spacial score (nSPS) is 12.1. The van der Waals surface area contributed by atoms with Crippen LogP contribution in [0.4, 0.5) is 5.13 Å². The zero-order valence-electron chi connectivity index (χ0n) is 11.0. The van der Waals surface area contributed by atoms with E-state index >= 15 is 0 Å². The van der Waals surface area contributed by atoms with Gasteiger partial charge in [-0.15, -0.1) is 0 Å². The van der Waals surface area contributed by atoms with Gasteiger partial charge in [-0.2, -0.15) is 0 Å². The van der Waals surface area contributed by atoms with Gasteiger partial charge in [0.1, 0.15) is 4.88 Å². The average Bonchev–Trinajstić information content (AvgIpc) is 2.75. The SMILES string of the molecule is Cc1nc(N)sc1C(=O)NCC(C)c1ccccc1. The van der Waals surface area contributed by atoms with Gasteiger partial charge in [-0.25, -0.2) is 4.98 Å². The van der Waals surface area contributed by atoms with Gasteiger partial charge in [0.25, 0.3) is 5.91 Å². The summed E-state index contributed by atoms with van der Waals surface area (Å²) in [5.41, 5.74) is 7.49. The van der Waals surface area contributed by atoms with E-state index in [0.29, 0.717) is 22.2 Å². The molecule has 0 aliphatic carbocycles. The number of aryl methyl sites for hydroxylation is 1. The van der Waals surface area contributed by atoms with Crippen LogP contribution in [0.1, 0.15) is 33.8 Å². The summed E-state index contributed by atoms with van der Waals surface area (Å²) in [6.45, 7) is 4.48. The first-order valence-corrected chi connectivity index (χ1v) is 6.95. The molecule has 1 atom stereocenters. The summed E-state index contributed by atoms with van der Waals surface area (Å²) in [7, 11) is 0. The molecule has 0 aliphatic rings. The van der Waals surface area contributed by atoms with E-state index in [1.165, 1.54) is 16.9 Å². The molecule has 3 N–H and O–H groups in total. The molecule has 19 heavy (non-hydrogen) atoms. The number of nitrogens with two attached hydrogens (primary N) is 1. The summed E-state index contributed by atoms with van der Waals surface area (Å²) in [6.07, 6.45) is 0. The fourth-order valence-electron chi connectivity index (χ4n) is 1.85. The molecule has 1 aromatic carbocycles. The maximum Gasteiger partial charge on any atom is 0.263 e. The molecule has 1 heterocycles. The Kier molecular flexibility index (Phi) is 4.16. The molecule has 2 aromatic rings. The molecular formula is C14H17N3OS. The number of rotatable bonds is 4. The van der Waals surface area contributed by atoms with Gasteiger partial charge in [-0.3, -0.25) is 4.79 Å². The first-order chi connectivity index (χ1) is 9.08. The standard InChI is InChI=1S/C14H17N3OS/c1-9(11-6-4-3-5-7-11)8-16-13(18)12-10(2)17-14(15)19-12/h3-7,9H,8H2,1-2H3,(H2,15,17)(H,16,18). The van der Waals surface area contributed by atoms with E-state index in [0.717, 1.165) is 0 Å². The number of hydrogen-bond acceptors (Lipinski definition) is 4. The van der Waals surface area contributed by atoms with Crippen molar-refractivity contribution in [3.05, 3.63) is 46.5 Å². The van der Waals surface area contributed by atoms with Gasteiger partial charge >= 0.3 is 0 Å². The van der Waals surface area contributed by atoms with Crippen molar-refractivity contribution in [1.29, 1.82) is 0 Å². The van der Waals surface area contributed by atoms with Crippen LogP contribution >= 0.6 is 11.3 Å². The molecule has 4 nitrogen and oxygen atoms in total. The Morgan fingerprint density at radius 1 is 1.42 bits per heavy atom. The largest absolute Gasteiger partial charge is 0.375 e. The quantitative estimate of drug-likeness (QED) is 0.901. The maximum absolute atomic E-state index is 12.0. The molecule has 0 radical (unpaired) electrons. The summed E-state index contributed by atoms with van der Waals surface area (Å²) in [4.78, 5) is 16.7. The summed E-state index contributed by atoms with van der Waals surface area (Å²) >= 11 is 1.22. The minimum atomic E-state index is -0.102. The fraction of sp³-hybridized carbons (Fsp3) is 0.286. The number of aromatic nitrogens is 1. The summed E-state index contributed by atoms with van der Waals surface area (Å²) in [6, 6.07) is 10.1. The number of amides is 1. The third-order valence-corrected chi connectivity index (χ3v) is 3.94. The van der Waals surface area contributed by atoms with Crippen molar-refractivity contribution in [1.82, 2.24) is 10.3 Å². The van der Waals surface area contributed by atoms with Crippen LogP contribution in [0.2, 0.25) is 0 Å². The van der Waals surface area contributed by atoms with Crippen LogP contribution in [0, 0.1) is 6.92 Å². The Labute approximate surface area is 116 Å². The van der Waals surface area contributed by atoms with Crippen LogP contribution in [0.3, 0.4) is 0 Å². The lowest BCUT2D eigenvalue weighted by atomic mass is 10.0. The average molecular weight is 275 g/mol. The highest BCUT2D eigenvalue weighted by Gasteiger charge is 2.15. The Morgan fingerprint density at radius 3 is 2.68 bits per heavy atom. The third-order valence-electron chi connectivity index (χ3n) is 2.96. The molecule has 1 unspecified atom stereocenters. The lowest BCUT2D eigenvalue weighted by Gasteiger charge is -2.12. The van der Waals surface area contributed by atoms with E-state index in [4.69, 9.17) is 5.73 Å². The molecule has 0 saturated carbocycles. The van der Waals surface area contributed by atoms with Crippen molar-refractivity contribution in [2.45, 2.75) is 19.8 Å². The second kappa shape index (κ2) is 5.84. The number of thiazole rings is 1. The summed E-state index contributed by atoms with van der Waals surface area (Å²) in [5, 5.41) is 3.36. The zero-order valence-corrected chi connectivity index (χ0v) is 11.8. The van der Waals surface area contributed by atoms with E-state index in [1.54, 1.807) is 6.92 Å². The second-order valence-corrected chi connectivity index (χ2v) is 5.52. The highest BCUT2D eigenvalue weighted by molar-refractivity contribution is 7.17. The van der Waals surface area contributed by atoms with Gasteiger partial charge < -0.3 is 11.1 Å². The van der Waals surface area contributed by atoms with E-state index in [-0.39, 0.29) is 11.8 Å². The van der Waals surface area contributed by atoms with Crippen LogP contribution in [0.25, 0.3) is 0 Å². The molecule has 1 amide bonds. The third kappa shape index (κ3) is 3.32. The lowest BCUT2D eigenvalue weighted by molar-refractivity contribution is 0.0955. The molecule has 1 aromatic heterocycles. The number of anilines is 1. The van der Waals surface area contributed by atoms with E-state index in [9.17, 15) is 4.79 Å². The van der Waals surface area contributed by atoms with Crippen molar-refractivity contribution < 1.29 is 4.79 Å². The van der Waals surface area contributed by atoms with Gasteiger partial charge in [0.15, 0.2) is 5.13 Å².